The summed E-state index contributed by atoms with van der Waals surface area (Å²) in [5.74, 6) is 0.842. The molecule has 6 nitrogen and oxygen atoms in total. The zero-order chi connectivity index (χ0) is 18.7. The minimum atomic E-state index is -0.524. The molecule has 26 heavy (non-hydrogen) atoms. The lowest BCUT2D eigenvalue weighted by Crippen LogP contribution is -2.17. The van der Waals surface area contributed by atoms with Crippen molar-refractivity contribution in [2.75, 3.05) is 6.61 Å². The Labute approximate surface area is 154 Å². The van der Waals surface area contributed by atoms with Gasteiger partial charge in [0.25, 0.3) is 5.56 Å². The molecule has 0 aliphatic rings. The van der Waals surface area contributed by atoms with Gasteiger partial charge >= 0.3 is 5.97 Å². The predicted octanol–water partition coefficient (Wildman–Crippen LogP) is 3.54. The summed E-state index contributed by atoms with van der Waals surface area (Å²) in [4.78, 5) is 30.6. The molecule has 0 spiro atoms. The van der Waals surface area contributed by atoms with E-state index in [4.69, 9.17) is 9.47 Å². The van der Waals surface area contributed by atoms with Crippen LogP contribution in [0.15, 0.2) is 34.4 Å². The van der Waals surface area contributed by atoms with E-state index in [2.05, 4.69) is 23.8 Å². The highest BCUT2D eigenvalue weighted by Gasteiger charge is 2.10. The lowest BCUT2D eigenvalue weighted by molar-refractivity contribution is -0.147. The Balaban J connectivity index is 1.55. The zero-order valence-corrected chi connectivity index (χ0v) is 15.7. The van der Waals surface area contributed by atoms with Crippen molar-refractivity contribution in [1.82, 2.24) is 9.97 Å². The van der Waals surface area contributed by atoms with Crippen LogP contribution in [0.5, 0.6) is 5.75 Å². The van der Waals surface area contributed by atoms with E-state index in [0.29, 0.717) is 27.7 Å². The van der Waals surface area contributed by atoms with E-state index in [-0.39, 0.29) is 18.8 Å². The highest BCUT2D eigenvalue weighted by Crippen LogP contribution is 2.23. The van der Waals surface area contributed by atoms with Crippen molar-refractivity contribution >= 4 is 27.5 Å². The van der Waals surface area contributed by atoms with Crippen LogP contribution in [0.25, 0.3) is 10.2 Å². The van der Waals surface area contributed by atoms with Gasteiger partial charge in [0.1, 0.15) is 22.9 Å². The number of carbonyl (C=O) groups is 1. The number of fused-ring (bicyclic) bond motifs is 1. The van der Waals surface area contributed by atoms with Crippen LogP contribution in [0.1, 0.15) is 36.7 Å². The number of carbonyl (C=O) groups excluding carboxylic acids is 1. The Kier molecular flexibility index (Phi) is 5.37. The summed E-state index contributed by atoms with van der Waals surface area (Å²) in [6.07, 6.45) is 0. The molecule has 0 bridgehead atoms. The number of hydrogen-bond acceptors (Lipinski definition) is 6. The van der Waals surface area contributed by atoms with E-state index in [1.807, 2.05) is 25.1 Å². The number of nitrogens with zero attached hydrogens (tertiary/aromatic N) is 1. The van der Waals surface area contributed by atoms with E-state index in [0.717, 1.165) is 5.56 Å². The summed E-state index contributed by atoms with van der Waals surface area (Å²) in [7, 11) is 0. The Morgan fingerprint density at radius 3 is 2.85 bits per heavy atom. The molecule has 0 saturated carbocycles. The third-order valence-electron chi connectivity index (χ3n) is 3.95. The molecule has 0 aliphatic heterocycles. The first-order chi connectivity index (χ1) is 12.4. The van der Waals surface area contributed by atoms with Gasteiger partial charge in [0.2, 0.25) is 0 Å². The fourth-order valence-electron chi connectivity index (χ4n) is 2.71. The third kappa shape index (κ3) is 4.11. The summed E-state index contributed by atoms with van der Waals surface area (Å²) in [6, 6.07) is 7.52. The summed E-state index contributed by atoms with van der Waals surface area (Å²) in [5, 5.41) is 1.79. The Morgan fingerprint density at radius 1 is 1.31 bits per heavy atom. The van der Waals surface area contributed by atoms with Gasteiger partial charge in [0, 0.05) is 0 Å². The maximum atomic E-state index is 11.9. The summed E-state index contributed by atoms with van der Waals surface area (Å²) < 4.78 is 11.2. The Morgan fingerprint density at radius 2 is 2.12 bits per heavy atom. The summed E-state index contributed by atoms with van der Waals surface area (Å²) >= 11 is 1.32. The largest absolute Gasteiger partial charge is 0.482 e. The Hall–Kier alpha value is -2.67. The summed E-state index contributed by atoms with van der Waals surface area (Å²) in [6.45, 7) is 5.97. The van der Waals surface area contributed by atoms with Crippen molar-refractivity contribution in [1.29, 1.82) is 0 Å². The number of aromatic nitrogens is 2. The molecule has 0 atom stereocenters. The minimum Gasteiger partial charge on any atom is -0.482 e. The fourth-order valence-corrected chi connectivity index (χ4v) is 3.43. The van der Waals surface area contributed by atoms with E-state index < -0.39 is 5.97 Å². The van der Waals surface area contributed by atoms with Gasteiger partial charge < -0.3 is 14.5 Å². The first-order valence-electron chi connectivity index (χ1n) is 8.29. The van der Waals surface area contributed by atoms with Crippen molar-refractivity contribution in [3.63, 3.8) is 0 Å². The number of aromatic amines is 1. The number of rotatable bonds is 6. The van der Waals surface area contributed by atoms with E-state index in [9.17, 15) is 9.59 Å². The van der Waals surface area contributed by atoms with Crippen LogP contribution in [0, 0.1) is 6.92 Å². The highest BCUT2D eigenvalue weighted by atomic mass is 32.1. The van der Waals surface area contributed by atoms with Gasteiger partial charge in [-0.15, -0.1) is 11.3 Å². The average molecular weight is 372 g/mol. The van der Waals surface area contributed by atoms with Gasteiger partial charge in [-0.2, -0.15) is 0 Å². The molecule has 7 heteroatoms. The van der Waals surface area contributed by atoms with Crippen LogP contribution < -0.4 is 10.3 Å². The van der Waals surface area contributed by atoms with Crippen LogP contribution in [0.2, 0.25) is 0 Å². The van der Waals surface area contributed by atoms with Gasteiger partial charge in [-0.3, -0.25) is 4.79 Å². The first kappa shape index (κ1) is 18.1. The molecular weight excluding hydrogens is 352 g/mol. The van der Waals surface area contributed by atoms with Gasteiger partial charge in [0.15, 0.2) is 6.61 Å². The zero-order valence-electron chi connectivity index (χ0n) is 14.9. The molecule has 2 heterocycles. The molecule has 3 rings (SSSR count). The highest BCUT2D eigenvalue weighted by molar-refractivity contribution is 7.17. The second kappa shape index (κ2) is 7.70. The molecule has 1 aromatic carbocycles. The molecule has 0 aliphatic carbocycles. The second-order valence-electron chi connectivity index (χ2n) is 6.27. The van der Waals surface area contributed by atoms with Crippen LogP contribution in [-0.4, -0.2) is 22.5 Å². The van der Waals surface area contributed by atoms with E-state index in [1.165, 1.54) is 16.9 Å². The molecular formula is C19H20N2O4S. The smallest absolute Gasteiger partial charge is 0.344 e. The molecule has 0 radical (unpaired) electrons. The fraction of sp³-hybridized carbons (Fsp3) is 0.316. The SMILES string of the molecule is Cc1cc(OCC(=O)OCc2nc3ccsc3c(=O)[nH]2)ccc1C(C)C. The molecule has 0 saturated heterocycles. The monoisotopic (exact) mass is 372 g/mol. The number of esters is 1. The minimum absolute atomic E-state index is 0.103. The van der Waals surface area contributed by atoms with Crippen LogP contribution in [0.3, 0.4) is 0 Å². The third-order valence-corrected chi connectivity index (χ3v) is 4.86. The van der Waals surface area contributed by atoms with Gasteiger partial charge in [0.05, 0.1) is 5.52 Å². The van der Waals surface area contributed by atoms with Gasteiger partial charge in [-0.1, -0.05) is 19.9 Å². The normalized spacial score (nSPS) is 11.1. The van der Waals surface area contributed by atoms with Crippen molar-refractivity contribution in [3.8, 4) is 5.75 Å². The number of H-pyrrole nitrogens is 1. The van der Waals surface area contributed by atoms with Crippen molar-refractivity contribution < 1.29 is 14.3 Å². The predicted molar refractivity (Wildman–Crippen MR) is 101 cm³/mol. The van der Waals surface area contributed by atoms with Gasteiger partial charge in [-0.05, 0) is 47.5 Å². The summed E-state index contributed by atoms with van der Waals surface area (Å²) in [5.41, 5.74) is 2.74. The second-order valence-corrected chi connectivity index (χ2v) is 7.19. The molecule has 0 unspecified atom stereocenters. The number of nitrogens with one attached hydrogen (secondary N) is 1. The van der Waals surface area contributed by atoms with E-state index >= 15 is 0 Å². The number of aryl methyl sites for hydroxylation is 1. The first-order valence-corrected chi connectivity index (χ1v) is 9.17. The molecule has 0 fully saturated rings. The lowest BCUT2D eigenvalue weighted by Gasteiger charge is -2.12. The van der Waals surface area contributed by atoms with Crippen molar-refractivity contribution in [3.05, 3.63) is 57.0 Å². The maximum Gasteiger partial charge on any atom is 0.344 e. The van der Waals surface area contributed by atoms with Crippen molar-refractivity contribution in [2.24, 2.45) is 0 Å². The van der Waals surface area contributed by atoms with Crippen LogP contribution in [0.4, 0.5) is 0 Å². The number of hydrogen-bond donors (Lipinski definition) is 1. The number of ether oxygens (including phenoxy) is 2. The molecule has 2 aromatic heterocycles. The average Bonchev–Trinajstić information content (AvgIpc) is 3.07. The Bertz CT molecular complexity index is 991. The number of benzene rings is 1. The standard InChI is InChI=1S/C19H20N2O4S/c1-11(2)14-5-4-13(8-12(14)3)24-10-17(22)25-9-16-20-15-6-7-26-18(15)19(23)21-16/h4-8,11H,9-10H2,1-3H3,(H,20,21,23). The van der Waals surface area contributed by atoms with Crippen LogP contribution >= 0.6 is 11.3 Å². The van der Waals surface area contributed by atoms with Crippen LogP contribution in [-0.2, 0) is 16.1 Å². The quantitative estimate of drug-likeness (QED) is 0.669. The number of thiophene rings is 1. The topological polar surface area (TPSA) is 81.3 Å². The van der Waals surface area contributed by atoms with E-state index in [1.54, 1.807) is 11.4 Å². The molecule has 1 N–H and O–H groups in total. The maximum absolute atomic E-state index is 11.9. The van der Waals surface area contributed by atoms with Crippen molar-refractivity contribution in [2.45, 2.75) is 33.3 Å². The molecule has 3 aromatic rings. The van der Waals surface area contributed by atoms with Gasteiger partial charge in [-0.25, -0.2) is 9.78 Å². The lowest BCUT2D eigenvalue weighted by atomic mass is 9.98. The molecule has 0 amide bonds. The molecule has 136 valence electrons.